The summed E-state index contributed by atoms with van der Waals surface area (Å²) >= 11 is 0. The van der Waals surface area contributed by atoms with E-state index in [0.717, 1.165) is 0 Å². The molecule has 41 heavy (non-hydrogen) atoms. The van der Waals surface area contributed by atoms with E-state index < -0.39 is 59.7 Å². The van der Waals surface area contributed by atoms with Crippen molar-refractivity contribution >= 4 is 41.5 Å². The summed E-state index contributed by atoms with van der Waals surface area (Å²) in [6.07, 6.45) is 0.971. The van der Waals surface area contributed by atoms with Gasteiger partial charge in [0.25, 0.3) is 0 Å². The first-order chi connectivity index (χ1) is 19.1. The number of nitrogens with two attached hydrogens (primary N) is 2. The van der Waals surface area contributed by atoms with Gasteiger partial charge in [-0.2, -0.15) is 0 Å². The van der Waals surface area contributed by atoms with Gasteiger partial charge in [-0.05, 0) is 38.5 Å². The first-order valence-electron chi connectivity index (χ1n) is 13.8. The van der Waals surface area contributed by atoms with Crippen LogP contribution >= 0.6 is 0 Å². The number of nitrogens with one attached hydrogen (secondary N) is 5. The Bertz CT molecular complexity index is 937. The fourth-order valence-corrected chi connectivity index (χ4v) is 3.58. The lowest BCUT2D eigenvalue weighted by Crippen LogP contribution is -2.59. The van der Waals surface area contributed by atoms with Gasteiger partial charge in [0.2, 0.25) is 29.5 Å². The largest absolute Gasteiger partial charge is 0.464 e. The zero-order valence-electron chi connectivity index (χ0n) is 25.2. The van der Waals surface area contributed by atoms with Gasteiger partial charge in [0.1, 0.15) is 24.2 Å². The second kappa shape index (κ2) is 19.2. The van der Waals surface area contributed by atoms with Gasteiger partial charge in [-0.3, -0.25) is 29.0 Å². The zero-order valence-corrected chi connectivity index (χ0v) is 25.2. The summed E-state index contributed by atoms with van der Waals surface area (Å²) in [7, 11) is 0. The second-order valence-electron chi connectivity index (χ2n) is 10.1. The number of hydrogen-bond acceptors (Lipinski definition) is 8. The highest BCUT2D eigenvalue weighted by molar-refractivity contribution is 5.95. The normalized spacial score (nSPS) is 14.3. The molecule has 0 radical (unpaired) electrons. The molecule has 0 rings (SSSR count). The Kier molecular flexibility index (Phi) is 17.4. The molecule has 15 nitrogen and oxygen atoms in total. The molecule has 0 saturated carbocycles. The van der Waals surface area contributed by atoms with Gasteiger partial charge >= 0.3 is 5.97 Å². The van der Waals surface area contributed by atoms with Crippen LogP contribution < -0.4 is 38.1 Å². The van der Waals surface area contributed by atoms with Crippen molar-refractivity contribution in [2.45, 2.75) is 91.9 Å². The molecule has 5 amide bonds. The van der Waals surface area contributed by atoms with Gasteiger partial charge in [-0.15, -0.1) is 0 Å². The Morgan fingerprint density at radius 1 is 0.829 bits per heavy atom. The molecule has 0 fully saturated rings. The molecule has 0 aromatic carbocycles. The maximum atomic E-state index is 13.4. The van der Waals surface area contributed by atoms with E-state index in [1.807, 2.05) is 6.92 Å². The molecule has 0 saturated heterocycles. The second-order valence-corrected chi connectivity index (χ2v) is 10.1. The molecule has 9 N–H and O–H groups in total. The van der Waals surface area contributed by atoms with Crippen LogP contribution in [0.5, 0.6) is 0 Å². The van der Waals surface area contributed by atoms with Crippen molar-refractivity contribution in [2.75, 3.05) is 19.7 Å². The molecule has 15 heteroatoms. The molecular formula is C26H48N8O7. The summed E-state index contributed by atoms with van der Waals surface area (Å²) in [5.74, 6) is -4.23. The molecule has 0 aliphatic rings. The minimum absolute atomic E-state index is 0.118. The van der Waals surface area contributed by atoms with Gasteiger partial charge < -0.3 is 42.8 Å². The van der Waals surface area contributed by atoms with Crippen molar-refractivity contribution in [1.82, 2.24) is 26.6 Å². The number of carbonyl (C=O) groups is 6. The predicted molar refractivity (Wildman–Crippen MR) is 153 cm³/mol. The number of esters is 1. The molecule has 0 aliphatic carbocycles. The van der Waals surface area contributed by atoms with Crippen LogP contribution in [0.25, 0.3) is 0 Å². The summed E-state index contributed by atoms with van der Waals surface area (Å²) < 4.78 is 4.92. The van der Waals surface area contributed by atoms with E-state index in [-0.39, 0.29) is 43.9 Å². The molecule has 0 heterocycles. The molecule has 0 unspecified atom stereocenters. The monoisotopic (exact) mass is 584 g/mol. The number of guanidine groups is 1. The lowest BCUT2D eigenvalue weighted by molar-refractivity contribution is -0.147. The molecule has 0 bridgehead atoms. The van der Waals surface area contributed by atoms with Crippen LogP contribution in [0.1, 0.15) is 67.7 Å². The Morgan fingerprint density at radius 2 is 1.44 bits per heavy atom. The molecular weight excluding hydrogens is 536 g/mol. The van der Waals surface area contributed by atoms with Crippen LogP contribution in [-0.2, 0) is 33.5 Å². The van der Waals surface area contributed by atoms with Crippen LogP contribution in [-0.4, -0.2) is 85.3 Å². The number of amides is 5. The maximum Gasteiger partial charge on any atom is 0.328 e. The van der Waals surface area contributed by atoms with E-state index in [0.29, 0.717) is 12.8 Å². The lowest BCUT2D eigenvalue weighted by atomic mass is 9.97. The van der Waals surface area contributed by atoms with Crippen LogP contribution in [0.3, 0.4) is 0 Å². The summed E-state index contributed by atoms with van der Waals surface area (Å²) in [6.45, 7) is 11.4. The van der Waals surface area contributed by atoms with E-state index in [2.05, 4.69) is 31.6 Å². The maximum absolute atomic E-state index is 13.4. The molecule has 0 aliphatic heterocycles. The SMILES string of the molecule is CCOC(=O)[C@H](C)NC(=O)[C@@H](NC(=O)[C@H](CCCN=C(N)N)NC(=O)[C@@H](NC(=O)CNC(C)=O)[C@@H](C)CC)C(C)C. The van der Waals surface area contributed by atoms with E-state index in [1.165, 1.54) is 13.8 Å². The zero-order chi connectivity index (χ0) is 31.7. The number of ether oxygens (including phenoxy) is 1. The standard InChI is InChI=1S/C26H48N8O7/c1-8-15(5)21(33-19(36)13-30-17(7)35)24(39)32-18(11-10-12-29-26(27)28)22(37)34-20(14(3)4)23(38)31-16(6)25(40)41-9-2/h14-16,18,20-21H,8-13H2,1-7H3,(H,30,35)(H,31,38)(H,32,39)(H,33,36)(H,34,37)(H4,27,28,29)/t15-,16-,18-,20-,21-/m0/s1. The average molecular weight is 585 g/mol. The van der Waals surface area contributed by atoms with Crippen LogP contribution in [0.4, 0.5) is 0 Å². The van der Waals surface area contributed by atoms with Crippen LogP contribution in [0.2, 0.25) is 0 Å². The van der Waals surface area contributed by atoms with Gasteiger partial charge in [-0.1, -0.05) is 34.1 Å². The minimum atomic E-state index is -1.10. The number of hydrogen-bond donors (Lipinski definition) is 7. The highest BCUT2D eigenvalue weighted by Gasteiger charge is 2.33. The average Bonchev–Trinajstić information content (AvgIpc) is 2.89. The highest BCUT2D eigenvalue weighted by atomic mass is 16.5. The van der Waals surface area contributed by atoms with Crippen molar-refractivity contribution in [2.24, 2.45) is 28.3 Å². The molecule has 0 aromatic rings. The van der Waals surface area contributed by atoms with Gasteiger partial charge in [-0.25, -0.2) is 4.79 Å². The third kappa shape index (κ3) is 14.9. The predicted octanol–water partition coefficient (Wildman–Crippen LogP) is -1.60. The van der Waals surface area contributed by atoms with E-state index in [1.54, 1.807) is 27.7 Å². The summed E-state index contributed by atoms with van der Waals surface area (Å²) in [5.41, 5.74) is 10.8. The molecule has 234 valence electrons. The first-order valence-corrected chi connectivity index (χ1v) is 13.8. The third-order valence-corrected chi connectivity index (χ3v) is 6.13. The van der Waals surface area contributed by atoms with E-state index in [9.17, 15) is 28.8 Å². The van der Waals surface area contributed by atoms with Crippen LogP contribution in [0.15, 0.2) is 4.99 Å². The topological polar surface area (TPSA) is 236 Å². The molecule has 0 aromatic heterocycles. The third-order valence-electron chi connectivity index (χ3n) is 6.13. The van der Waals surface area contributed by atoms with Gasteiger partial charge in [0.05, 0.1) is 13.2 Å². The first kappa shape index (κ1) is 37.1. The van der Waals surface area contributed by atoms with Gasteiger partial charge in [0, 0.05) is 13.5 Å². The van der Waals surface area contributed by atoms with E-state index >= 15 is 0 Å². The lowest BCUT2D eigenvalue weighted by Gasteiger charge is -2.28. The Labute approximate surface area is 241 Å². The van der Waals surface area contributed by atoms with Crippen LogP contribution in [0, 0.1) is 11.8 Å². The van der Waals surface area contributed by atoms with Gasteiger partial charge in [0.15, 0.2) is 5.96 Å². The van der Waals surface area contributed by atoms with Crippen molar-refractivity contribution in [1.29, 1.82) is 0 Å². The van der Waals surface area contributed by atoms with Crippen molar-refractivity contribution < 1.29 is 33.5 Å². The quantitative estimate of drug-likeness (QED) is 0.0424. The summed E-state index contributed by atoms with van der Waals surface area (Å²) in [4.78, 5) is 79.0. The fourth-order valence-electron chi connectivity index (χ4n) is 3.58. The Morgan fingerprint density at radius 3 is 1.95 bits per heavy atom. The Hall–Kier alpha value is -3.91. The summed E-state index contributed by atoms with van der Waals surface area (Å²) in [6, 6.07) is -4.07. The van der Waals surface area contributed by atoms with Crippen molar-refractivity contribution in [3.63, 3.8) is 0 Å². The Balaban J connectivity index is 5.83. The number of rotatable bonds is 18. The fraction of sp³-hybridized carbons (Fsp3) is 0.731. The number of nitrogens with zero attached hydrogens (tertiary/aromatic N) is 1. The smallest absolute Gasteiger partial charge is 0.328 e. The van der Waals surface area contributed by atoms with E-state index in [4.69, 9.17) is 16.2 Å². The highest BCUT2D eigenvalue weighted by Crippen LogP contribution is 2.11. The summed E-state index contributed by atoms with van der Waals surface area (Å²) in [5, 5.41) is 12.9. The number of carbonyl (C=O) groups excluding carboxylic acids is 6. The number of aliphatic imine (C=N–C) groups is 1. The minimum Gasteiger partial charge on any atom is -0.464 e. The van der Waals surface area contributed by atoms with Crippen molar-refractivity contribution in [3.05, 3.63) is 0 Å². The molecule has 5 atom stereocenters. The molecule has 0 spiro atoms. The van der Waals surface area contributed by atoms with Crippen molar-refractivity contribution in [3.8, 4) is 0 Å².